The van der Waals surface area contributed by atoms with Gasteiger partial charge < -0.3 is 14.5 Å². The van der Waals surface area contributed by atoms with Crippen molar-refractivity contribution in [3.8, 4) is 22.8 Å². The summed E-state index contributed by atoms with van der Waals surface area (Å²) in [4.78, 5) is 19.7. The standard InChI is InChI=1S/C21H21N9O2/c1-13-11-23-28-20(24-13)27-19-22-8-6-16(26-19)14-4-3-5-15(25-14)17-10-18(32-29-17)21(31)7-9-30(2)12-21/h3-6,8,10-11,31H,7,9,12H2,1-2H3,(H,22,24,26,27,28)/t21-/m0/s1. The average molecular weight is 431 g/mol. The lowest BCUT2D eigenvalue weighted by molar-refractivity contribution is 0.0211. The average Bonchev–Trinajstić information content (AvgIpc) is 3.42. The summed E-state index contributed by atoms with van der Waals surface area (Å²) in [7, 11) is 1.96. The van der Waals surface area contributed by atoms with Crippen LogP contribution in [-0.2, 0) is 5.60 Å². The lowest BCUT2D eigenvalue weighted by Gasteiger charge is -2.18. The Morgan fingerprint density at radius 3 is 2.66 bits per heavy atom. The predicted octanol–water partition coefficient (Wildman–Crippen LogP) is 1.95. The number of nitrogens with one attached hydrogen (secondary N) is 1. The third-order valence-electron chi connectivity index (χ3n) is 5.24. The van der Waals surface area contributed by atoms with Crippen LogP contribution in [0.2, 0.25) is 0 Å². The third-order valence-corrected chi connectivity index (χ3v) is 5.24. The van der Waals surface area contributed by atoms with Gasteiger partial charge >= 0.3 is 0 Å². The highest BCUT2D eigenvalue weighted by atomic mass is 16.5. The van der Waals surface area contributed by atoms with E-state index in [2.05, 4.69) is 45.5 Å². The molecule has 11 heteroatoms. The zero-order chi connectivity index (χ0) is 22.1. The summed E-state index contributed by atoms with van der Waals surface area (Å²) in [6.07, 6.45) is 3.79. The first-order valence-electron chi connectivity index (χ1n) is 10.1. The Balaban J connectivity index is 1.40. The van der Waals surface area contributed by atoms with Crippen LogP contribution in [-0.4, -0.2) is 65.4 Å². The van der Waals surface area contributed by atoms with Crippen molar-refractivity contribution in [2.75, 3.05) is 25.5 Å². The number of aromatic nitrogens is 7. The summed E-state index contributed by atoms with van der Waals surface area (Å²) in [6, 6.07) is 9.06. The molecule has 162 valence electrons. The Morgan fingerprint density at radius 1 is 1.06 bits per heavy atom. The molecule has 0 spiro atoms. The van der Waals surface area contributed by atoms with Crippen molar-refractivity contribution in [1.82, 2.24) is 40.2 Å². The van der Waals surface area contributed by atoms with Crippen molar-refractivity contribution in [2.45, 2.75) is 18.9 Å². The fourth-order valence-corrected chi connectivity index (χ4v) is 3.62. The minimum atomic E-state index is -1.03. The van der Waals surface area contributed by atoms with Gasteiger partial charge in [-0.2, -0.15) is 5.10 Å². The zero-order valence-electron chi connectivity index (χ0n) is 17.6. The van der Waals surface area contributed by atoms with Crippen LogP contribution >= 0.6 is 0 Å². The molecular formula is C21H21N9O2. The van der Waals surface area contributed by atoms with E-state index in [9.17, 15) is 5.11 Å². The summed E-state index contributed by atoms with van der Waals surface area (Å²) in [5, 5.41) is 25.7. The molecule has 5 heterocycles. The van der Waals surface area contributed by atoms with Crippen LogP contribution in [0.1, 0.15) is 17.9 Å². The van der Waals surface area contributed by atoms with Gasteiger partial charge in [0.05, 0.1) is 29.0 Å². The van der Waals surface area contributed by atoms with Crippen LogP contribution in [0.25, 0.3) is 22.8 Å². The molecule has 1 saturated heterocycles. The molecule has 1 aliphatic heterocycles. The second kappa shape index (κ2) is 8.02. The van der Waals surface area contributed by atoms with Gasteiger partial charge in [-0.25, -0.2) is 19.9 Å². The largest absolute Gasteiger partial charge is 0.380 e. The minimum absolute atomic E-state index is 0.314. The van der Waals surface area contributed by atoms with Crippen LogP contribution in [0.3, 0.4) is 0 Å². The molecule has 5 rings (SSSR count). The van der Waals surface area contributed by atoms with Crippen LogP contribution < -0.4 is 5.32 Å². The van der Waals surface area contributed by atoms with Crippen molar-refractivity contribution in [1.29, 1.82) is 0 Å². The molecule has 1 fully saturated rings. The number of anilines is 2. The van der Waals surface area contributed by atoms with Gasteiger partial charge in [0.25, 0.3) is 0 Å². The molecule has 0 aliphatic carbocycles. The molecule has 1 aliphatic rings. The number of likely N-dealkylation sites (tertiary alicyclic amines) is 1. The summed E-state index contributed by atoms with van der Waals surface area (Å²) in [6.45, 7) is 3.13. The van der Waals surface area contributed by atoms with Crippen LogP contribution in [0, 0.1) is 6.92 Å². The van der Waals surface area contributed by atoms with Crippen molar-refractivity contribution in [2.24, 2.45) is 0 Å². The molecular weight excluding hydrogens is 410 g/mol. The molecule has 1 atom stereocenters. The number of aliphatic hydroxyl groups is 1. The second-order valence-corrected chi connectivity index (χ2v) is 7.82. The molecule has 4 aromatic rings. The lowest BCUT2D eigenvalue weighted by atomic mass is 9.99. The number of rotatable bonds is 5. The summed E-state index contributed by atoms with van der Waals surface area (Å²) in [5.74, 6) is 1.09. The quantitative estimate of drug-likeness (QED) is 0.479. The molecule has 2 N–H and O–H groups in total. The van der Waals surface area contributed by atoms with Crippen LogP contribution in [0.5, 0.6) is 0 Å². The van der Waals surface area contributed by atoms with Gasteiger partial charge in [-0.05, 0) is 38.6 Å². The molecule has 0 radical (unpaired) electrons. The van der Waals surface area contributed by atoms with Gasteiger partial charge in [-0.1, -0.05) is 11.2 Å². The van der Waals surface area contributed by atoms with Gasteiger partial charge in [-0.3, -0.25) is 5.32 Å². The van der Waals surface area contributed by atoms with Gasteiger partial charge in [0.15, 0.2) is 5.76 Å². The summed E-state index contributed by atoms with van der Waals surface area (Å²) < 4.78 is 5.47. The number of aryl methyl sites for hydroxylation is 1. The number of hydrogen-bond donors (Lipinski definition) is 2. The number of nitrogens with zero attached hydrogens (tertiary/aromatic N) is 8. The first kappa shape index (κ1) is 20.1. The maximum Gasteiger partial charge on any atom is 0.249 e. The van der Waals surface area contributed by atoms with E-state index in [0.717, 1.165) is 12.2 Å². The van der Waals surface area contributed by atoms with E-state index in [0.29, 0.717) is 53.4 Å². The Bertz CT molecular complexity index is 1260. The van der Waals surface area contributed by atoms with E-state index in [1.165, 1.54) is 0 Å². The van der Waals surface area contributed by atoms with Gasteiger partial charge in [0.2, 0.25) is 11.9 Å². The van der Waals surface area contributed by atoms with E-state index in [-0.39, 0.29) is 0 Å². The Hall–Kier alpha value is -3.83. The highest BCUT2D eigenvalue weighted by Gasteiger charge is 2.39. The number of likely N-dealkylation sites (N-methyl/N-ethyl adjacent to an activating group) is 1. The van der Waals surface area contributed by atoms with E-state index < -0.39 is 5.60 Å². The molecule has 0 bridgehead atoms. The van der Waals surface area contributed by atoms with Crippen LogP contribution in [0.4, 0.5) is 11.9 Å². The van der Waals surface area contributed by atoms with Crippen molar-refractivity contribution < 1.29 is 9.63 Å². The highest BCUT2D eigenvalue weighted by Crippen LogP contribution is 2.33. The SMILES string of the molecule is Cc1cnnc(Nc2nccc(-c3cccc(-c4cc([C@]5(O)CCN(C)C5)on4)n3)n2)n1. The fraction of sp³-hybridized carbons (Fsp3) is 0.286. The smallest absolute Gasteiger partial charge is 0.249 e. The number of pyridine rings is 1. The molecule has 11 nitrogen and oxygen atoms in total. The van der Waals surface area contributed by atoms with Crippen LogP contribution in [0.15, 0.2) is 47.2 Å². The first-order valence-corrected chi connectivity index (χ1v) is 10.1. The predicted molar refractivity (Wildman–Crippen MR) is 115 cm³/mol. The normalized spacial score (nSPS) is 18.7. The maximum atomic E-state index is 10.9. The van der Waals surface area contributed by atoms with Gasteiger partial charge in [-0.15, -0.1) is 5.10 Å². The molecule has 0 amide bonds. The molecule has 0 saturated carbocycles. The molecule has 0 unspecified atom stereocenters. The lowest BCUT2D eigenvalue weighted by Crippen LogP contribution is -2.28. The number of hydrogen-bond acceptors (Lipinski definition) is 11. The van der Waals surface area contributed by atoms with Crippen molar-refractivity contribution in [3.63, 3.8) is 0 Å². The van der Waals surface area contributed by atoms with E-state index in [1.807, 2.05) is 32.2 Å². The molecule has 0 aromatic carbocycles. The van der Waals surface area contributed by atoms with Crippen molar-refractivity contribution in [3.05, 3.63) is 54.2 Å². The Morgan fingerprint density at radius 2 is 1.88 bits per heavy atom. The zero-order valence-corrected chi connectivity index (χ0v) is 17.6. The van der Waals surface area contributed by atoms with E-state index >= 15 is 0 Å². The van der Waals surface area contributed by atoms with Gasteiger partial charge in [0, 0.05) is 25.4 Å². The first-order chi connectivity index (χ1) is 15.5. The highest BCUT2D eigenvalue weighted by molar-refractivity contribution is 5.62. The Kier molecular flexibility index (Phi) is 5.04. The third kappa shape index (κ3) is 4.03. The monoisotopic (exact) mass is 431 g/mol. The van der Waals surface area contributed by atoms with Gasteiger partial charge in [0.1, 0.15) is 11.3 Å². The summed E-state index contributed by atoms with van der Waals surface area (Å²) >= 11 is 0. The minimum Gasteiger partial charge on any atom is -0.380 e. The molecule has 4 aromatic heterocycles. The molecule has 32 heavy (non-hydrogen) atoms. The summed E-state index contributed by atoms with van der Waals surface area (Å²) in [5.41, 5.74) is 2.12. The Labute approximate surface area is 183 Å². The maximum absolute atomic E-state index is 10.9. The van der Waals surface area contributed by atoms with E-state index in [4.69, 9.17) is 4.52 Å². The number of β-amino-alcohol motifs (C(OH)–C–C–N with tert-alkyl or cyclic N) is 1. The second-order valence-electron chi connectivity index (χ2n) is 7.82. The fourth-order valence-electron chi connectivity index (χ4n) is 3.62. The topological polar surface area (TPSA) is 139 Å². The van der Waals surface area contributed by atoms with Crippen molar-refractivity contribution >= 4 is 11.9 Å². The van der Waals surface area contributed by atoms with E-state index in [1.54, 1.807) is 24.5 Å².